The summed E-state index contributed by atoms with van der Waals surface area (Å²) in [6.45, 7) is 11.2. The molecule has 0 saturated carbocycles. The van der Waals surface area contributed by atoms with Crippen molar-refractivity contribution in [1.29, 1.82) is 0 Å². The van der Waals surface area contributed by atoms with E-state index in [0.717, 1.165) is 75.7 Å². The molecular formula is C43H50N6O5. The second kappa shape index (κ2) is 15.1. The van der Waals surface area contributed by atoms with Crippen LogP contribution < -0.4 is 10.9 Å². The molecule has 11 nitrogen and oxygen atoms in total. The van der Waals surface area contributed by atoms with Gasteiger partial charge in [-0.15, -0.1) is 0 Å². The van der Waals surface area contributed by atoms with Crippen LogP contribution in [0.4, 0.5) is 4.79 Å². The van der Waals surface area contributed by atoms with Crippen LogP contribution in [-0.4, -0.2) is 68.9 Å². The number of fused-ring (bicyclic) bond motifs is 2. The van der Waals surface area contributed by atoms with Crippen LogP contribution in [0.1, 0.15) is 83.9 Å². The van der Waals surface area contributed by atoms with Gasteiger partial charge in [0.05, 0.1) is 31.1 Å². The number of benzene rings is 3. The van der Waals surface area contributed by atoms with Gasteiger partial charge in [-0.3, -0.25) is 14.4 Å². The highest BCUT2D eigenvalue weighted by Gasteiger charge is 2.38. The van der Waals surface area contributed by atoms with Crippen molar-refractivity contribution in [2.24, 2.45) is 17.8 Å². The number of carbonyl (C=O) groups is 3. The van der Waals surface area contributed by atoms with E-state index in [1.807, 2.05) is 55.0 Å². The fraction of sp³-hybridized carbons (Fsp3) is 0.419. The Bertz CT molecular complexity index is 2270. The average molecular weight is 731 g/mol. The number of nitrogens with zero attached hydrogens (tertiary/aromatic N) is 3. The molecule has 0 bridgehead atoms. The van der Waals surface area contributed by atoms with Crippen LogP contribution in [0.3, 0.4) is 0 Å². The Hall–Kier alpha value is -5.45. The van der Waals surface area contributed by atoms with Gasteiger partial charge in [-0.2, -0.15) is 0 Å². The van der Waals surface area contributed by atoms with Gasteiger partial charge in [0.25, 0.3) is 5.56 Å². The van der Waals surface area contributed by atoms with Crippen LogP contribution in [0.5, 0.6) is 0 Å². The first kappa shape index (κ1) is 36.9. The smallest absolute Gasteiger partial charge is 0.407 e. The highest BCUT2D eigenvalue weighted by molar-refractivity contribution is 5.93. The number of imidazole rings is 1. The van der Waals surface area contributed by atoms with Gasteiger partial charge in [0.2, 0.25) is 11.8 Å². The van der Waals surface area contributed by atoms with Gasteiger partial charge in [-0.05, 0) is 89.1 Å². The summed E-state index contributed by atoms with van der Waals surface area (Å²) in [5.74, 6) is 0.815. The molecule has 3 aromatic carbocycles. The van der Waals surface area contributed by atoms with Gasteiger partial charge in [-0.25, -0.2) is 9.78 Å². The van der Waals surface area contributed by atoms with E-state index in [-0.39, 0.29) is 47.2 Å². The summed E-state index contributed by atoms with van der Waals surface area (Å²) >= 11 is 0. The molecule has 2 fully saturated rings. The maximum absolute atomic E-state index is 13.6. The Kier molecular flexibility index (Phi) is 10.3. The minimum Gasteiger partial charge on any atom is -0.453 e. The third-order valence-electron chi connectivity index (χ3n) is 11.5. The lowest BCUT2D eigenvalue weighted by Gasteiger charge is -2.30. The normalized spacial score (nSPS) is 18.5. The van der Waals surface area contributed by atoms with Crippen molar-refractivity contribution in [2.75, 3.05) is 20.2 Å². The van der Waals surface area contributed by atoms with Gasteiger partial charge in [0, 0.05) is 35.7 Å². The standard InChI is InChI=1S/C43H50N6O5/c1-24(2)26(5)41(51)48-17-7-9-36(48)34-22-31-15-13-30(21-33(31)40(50)46-34)28-11-12-29-20-32(16-14-27(29)19-28)35-23-44-39(45-35)37-10-8-18-49(37)42(52)38(25(3)4)47-43(53)54-6/h11-16,19-26,36-38H,7-10,17-18H2,1-6H3,(H,44,45)(H,46,50)(H,47,53)/t26-,36?,37-,38-/m0/s1. The topological polar surface area (TPSA) is 140 Å². The predicted octanol–water partition coefficient (Wildman–Crippen LogP) is 7.74. The summed E-state index contributed by atoms with van der Waals surface area (Å²) < 4.78 is 4.76. The van der Waals surface area contributed by atoms with Crippen molar-refractivity contribution in [1.82, 2.24) is 30.1 Å². The number of amides is 3. The van der Waals surface area contributed by atoms with E-state index in [4.69, 9.17) is 9.72 Å². The fourth-order valence-electron chi connectivity index (χ4n) is 7.98. The quantitative estimate of drug-likeness (QED) is 0.142. The molecule has 2 aliphatic rings. The van der Waals surface area contributed by atoms with E-state index in [9.17, 15) is 19.2 Å². The van der Waals surface area contributed by atoms with Gasteiger partial charge in [0.1, 0.15) is 11.9 Å². The van der Waals surface area contributed by atoms with Gasteiger partial charge in [0.15, 0.2) is 0 Å². The second-order valence-corrected chi connectivity index (χ2v) is 15.6. The highest BCUT2D eigenvalue weighted by atomic mass is 16.5. The molecule has 1 unspecified atom stereocenters. The Morgan fingerprint density at radius 3 is 2.04 bits per heavy atom. The summed E-state index contributed by atoms with van der Waals surface area (Å²) in [5, 5.41) is 6.30. The number of hydrogen-bond acceptors (Lipinski definition) is 6. The Morgan fingerprint density at radius 2 is 1.37 bits per heavy atom. The van der Waals surface area contributed by atoms with Crippen LogP contribution in [0.15, 0.2) is 71.7 Å². The summed E-state index contributed by atoms with van der Waals surface area (Å²) in [6, 6.07) is 19.6. The van der Waals surface area contributed by atoms with Crippen molar-refractivity contribution in [3.05, 3.63) is 88.7 Å². The van der Waals surface area contributed by atoms with Crippen LogP contribution >= 0.6 is 0 Å². The van der Waals surface area contributed by atoms with Crippen LogP contribution in [0.25, 0.3) is 43.9 Å². The number of aromatic nitrogens is 3. The molecule has 7 rings (SSSR count). The number of nitrogens with one attached hydrogen (secondary N) is 3. The first-order valence-electron chi connectivity index (χ1n) is 19.2. The number of likely N-dealkylation sites (tertiary alicyclic amines) is 2. The first-order chi connectivity index (χ1) is 25.9. The van der Waals surface area contributed by atoms with E-state index >= 15 is 0 Å². The average Bonchev–Trinajstić information content (AvgIpc) is 3.97. The van der Waals surface area contributed by atoms with E-state index in [1.54, 1.807) is 0 Å². The molecule has 4 atom stereocenters. The Balaban J connectivity index is 1.09. The molecule has 54 heavy (non-hydrogen) atoms. The van der Waals surface area contributed by atoms with Crippen LogP contribution in [0, 0.1) is 17.8 Å². The number of H-pyrrole nitrogens is 2. The molecule has 5 aromatic rings. The number of rotatable bonds is 9. The molecule has 11 heteroatoms. The molecule has 282 valence electrons. The molecule has 3 N–H and O–H groups in total. The van der Waals surface area contributed by atoms with Gasteiger partial charge >= 0.3 is 6.09 Å². The minimum absolute atomic E-state index is 0.0679. The zero-order chi connectivity index (χ0) is 38.3. The first-order valence-corrected chi connectivity index (χ1v) is 19.2. The maximum atomic E-state index is 13.6. The Morgan fingerprint density at radius 1 is 0.759 bits per heavy atom. The fourth-order valence-corrected chi connectivity index (χ4v) is 7.98. The minimum atomic E-state index is -0.689. The maximum Gasteiger partial charge on any atom is 0.407 e. The molecule has 3 amide bonds. The Labute approximate surface area is 315 Å². The van der Waals surface area contributed by atoms with E-state index < -0.39 is 12.1 Å². The summed E-state index contributed by atoms with van der Waals surface area (Å²) in [4.78, 5) is 67.3. The number of carbonyl (C=O) groups excluding carboxylic acids is 3. The van der Waals surface area contributed by atoms with Crippen molar-refractivity contribution >= 4 is 39.5 Å². The number of pyridine rings is 1. The molecule has 0 radical (unpaired) electrons. The lowest BCUT2D eigenvalue weighted by Crippen LogP contribution is -2.51. The molecule has 2 aliphatic heterocycles. The lowest BCUT2D eigenvalue weighted by atomic mass is 9.95. The number of ether oxygens (including phenoxy) is 1. The highest BCUT2D eigenvalue weighted by Crippen LogP contribution is 2.36. The van der Waals surface area contributed by atoms with Crippen molar-refractivity contribution in [3.63, 3.8) is 0 Å². The van der Waals surface area contributed by atoms with E-state index in [0.29, 0.717) is 18.5 Å². The van der Waals surface area contributed by atoms with Gasteiger partial charge < -0.3 is 29.8 Å². The number of methoxy groups -OCH3 is 1. The van der Waals surface area contributed by atoms with Crippen LogP contribution in [-0.2, 0) is 14.3 Å². The van der Waals surface area contributed by atoms with E-state index in [1.165, 1.54) is 7.11 Å². The largest absolute Gasteiger partial charge is 0.453 e. The van der Waals surface area contributed by atoms with Crippen molar-refractivity contribution < 1.29 is 19.1 Å². The third-order valence-corrected chi connectivity index (χ3v) is 11.5. The number of hydrogen-bond donors (Lipinski definition) is 3. The molecule has 4 heterocycles. The molecule has 0 aliphatic carbocycles. The van der Waals surface area contributed by atoms with Crippen molar-refractivity contribution in [2.45, 2.75) is 78.4 Å². The molecule has 2 aromatic heterocycles. The summed E-state index contributed by atoms with van der Waals surface area (Å²) in [6.07, 6.45) is 4.58. The summed E-state index contributed by atoms with van der Waals surface area (Å²) in [5.41, 5.74) is 4.45. The summed E-state index contributed by atoms with van der Waals surface area (Å²) in [7, 11) is 1.29. The zero-order valence-electron chi connectivity index (χ0n) is 31.9. The molecule has 2 saturated heterocycles. The number of alkyl carbamates (subject to hydrolysis) is 1. The molecular weight excluding hydrogens is 681 g/mol. The van der Waals surface area contributed by atoms with E-state index in [2.05, 4.69) is 71.6 Å². The third kappa shape index (κ3) is 7.11. The lowest BCUT2D eigenvalue weighted by molar-refractivity contribution is -0.137. The SMILES string of the molecule is COC(=O)N[C@H](C(=O)N1CCC[C@H]1c1ncc(-c2ccc3cc(-c4ccc5cc(C6CCCN6C(=O)[C@@H](C)C(C)C)[nH]c(=O)c5c4)ccc3c2)[nH]1)C(C)C. The monoisotopic (exact) mass is 730 g/mol. The van der Waals surface area contributed by atoms with Crippen LogP contribution in [0.2, 0.25) is 0 Å². The second-order valence-electron chi connectivity index (χ2n) is 15.6. The van der Waals surface area contributed by atoms with Crippen molar-refractivity contribution in [3.8, 4) is 22.4 Å². The molecule has 0 spiro atoms. The number of aromatic amines is 2. The zero-order valence-corrected chi connectivity index (χ0v) is 31.9. The predicted molar refractivity (Wildman–Crippen MR) is 211 cm³/mol. The van der Waals surface area contributed by atoms with Gasteiger partial charge in [-0.1, -0.05) is 71.0 Å².